The van der Waals surface area contributed by atoms with Crippen LogP contribution in [0.4, 0.5) is 0 Å². The minimum atomic E-state index is -4.38. The first-order valence-corrected chi connectivity index (χ1v) is 27.6. The number of rotatable bonds is 48. The number of hydrogen-bond donors (Lipinski definition) is 1. The van der Waals surface area contributed by atoms with Crippen molar-refractivity contribution in [2.24, 2.45) is 0 Å². The van der Waals surface area contributed by atoms with Crippen molar-refractivity contribution in [2.45, 2.75) is 251 Å². The maximum Gasteiger partial charge on any atom is 0.472 e. The van der Waals surface area contributed by atoms with Crippen molar-refractivity contribution in [3.8, 4) is 0 Å². The fraction of sp³-hybridized carbons (Fsp3) is 0.885. The van der Waals surface area contributed by atoms with Crippen LogP contribution in [0.25, 0.3) is 0 Å². The number of esters is 2. The van der Waals surface area contributed by atoms with E-state index < -0.39 is 26.5 Å². The fourth-order valence-corrected chi connectivity index (χ4v) is 8.14. The molecule has 0 aliphatic rings. The van der Waals surface area contributed by atoms with Crippen molar-refractivity contribution in [3.63, 3.8) is 0 Å². The Bertz CT molecular complexity index is 1110. The van der Waals surface area contributed by atoms with Gasteiger partial charge in [-0.15, -0.1) is 0 Å². The molecular formula is C52H101NO8P+. The van der Waals surface area contributed by atoms with Gasteiger partial charge in [0.25, 0.3) is 0 Å². The summed E-state index contributed by atoms with van der Waals surface area (Å²) in [5, 5.41) is 0. The van der Waals surface area contributed by atoms with Gasteiger partial charge in [0.2, 0.25) is 0 Å². The van der Waals surface area contributed by atoms with Gasteiger partial charge in [-0.25, -0.2) is 4.57 Å². The molecule has 0 rings (SSSR count). The number of hydrogen-bond acceptors (Lipinski definition) is 7. The zero-order valence-corrected chi connectivity index (χ0v) is 42.3. The summed E-state index contributed by atoms with van der Waals surface area (Å²) in [6, 6.07) is 0. The summed E-state index contributed by atoms with van der Waals surface area (Å²) in [4.78, 5) is 35.6. The maximum absolute atomic E-state index is 12.8. The van der Waals surface area contributed by atoms with Crippen LogP contribution < -0.4 is 0 Å². The number of carbonyl (C=O) groups excluding carboxylic acids is 2. The topological polar surface area (TPSA) is 108 Å². The van der Waals surface area contributed by atoms with Crippen molar-refractivity contribution in [1.82, 2.24) is 0 Å². The second kappa shape index (κ2) is 44.7. The molecule has 0 aromatic heterocycles. The van der Waals surface area contributed by atoms with E-state index >= 15 is 0 Å². The van der Waals surface area contributed by atoms with Crippen molar-refractivity contribution >= 4 is 19.8 Å². The van der Waals surface area contributed by atoms with Crippen LogP contribution in [0.1, 0.15) is 245 Å². The molecule has 0 amide bonds. The normalized spacial score (nSPS) is 13.6. The first-order valence-electron chi connectivity index (χ1n) is 26.1. The predicted octanol–water partition coefficient (Wildman–Crippen LogP) is 15.5. The molecule has 0 radical (unpaired) electrons. The Morgan fingerprint density at radius 3 is 1.31 bits per heavy atom. The van der Waals surface area contributed by atoms with Crippen molar-refractivity contribution in [2.75, 3.05) is 47.5 Å². The molecule has 62 heavy (non-hydrogen) atoms. The second-order valence-corrected chi connectivity index (χ2v) is 20.4. The van der Waals surface area contributed by atoms with Crippen LogP contribution in [0.15, 0.2) is 24.3 Å². The summed E-state index contributed by atoms with van der Waals surface area (Å²) in [5.74, 6) is -0.790. The molecule has 1 N–H and O–H groups in total. The van der Waals surface area contributed by atoms with Crippen LogP contribution in [0, 0.1) is 0 Å². The molecule has 0 spiro atoms. The highest BCUT2D eigenvalue weighted by molar-refractivity contribution is 7.47. The summed E-state index contributed by atoms with van der Waals surface area (Å²) >= 11 is 0. The molecule has 1 unspecified atom stereocenters. The summed E-state index contributed by atoms with van der Waals surface area (Å²) in [6.07, 6.45) is 50.8. The Labute approximate surface area is 383 Å². The van der Waals surface area contributed by atoms with Gasteiger partial charge in [0.05, 0.1) is 27.7 Å². The van der Waals surface area contributed by atoms with E-state index in [0.29, 0.717) is 17.4 Å². The molecule has 9 nitrogen and oxygen atoms in total. The standard InChI is InChI=1S/C52H100NO8P/c1-6-8-10-12-14-16-18-20-22-24-26-28-30-32-34-36-38-40-42-44-51(54)58-48-50(49-60-62(56,57)59-47-46-53(3,4)5)61-52(55)45-43-41-39-37-35-33-31-29-27-25-23-21-19-17-15-13-11-9-7-2/h14,16,20,22,50H,6-13,15,17-19,21,23-49H2,1-5H3/p+1/b16-14+,22-20+/t50-/m1/s1. The average Bonchev–Trinajstić information content (AvgIpc) is 3.23. The molecule has 10 heteroatoms. The highest BCUT2D eigenvalue weighted by Gasteiger charge is 2.27. The van der Waals surface area contributed by atoms with Gasteiger partial charge in [0, 0.05) is 12.8 Å². The number of carbonyl (C=O) groups is 2. The molecular weight excluding hydrogens is 798 g/mol. The largest absolute Gasteiger partial charge is 0.472 e. The maximum atomic E-state index is 12.8. The van der Waals surface area contributed by atoms with Gasteiger partial charge in [-0.2, -0.15) is 0 Å². The molecule has 0 bridgehead atoms. The van der Waals surface area contributed by atoms with Crippen LogP contribution in [0.2, 0.25) is 0 Å². The number of ether oxygens (including phenoxy) is 2. The van der Waals surface area contributed by atoms with E-state index in [1.54, 1.807) is 0 Å². The number of allylic oxidation sites excluding steroid dienone is 4. The van der Waals surface area contributed by atoms with Crippen molar-refractivity contribution < 1.29 is 42.1 Å². The third kappa shape index (κ3) is 48.0. The molecule has 2 atom stereocenters. The summed E-state index contributed by atoms with van der Waals surface area (Å²) in [5.41, 5.74) is 0. The number of phosphoric acid groups is 1. The monoisotopic (exact) mass is 899 g/mol. The Hall–Kier alpha value is -1.51. The third-order valence-corrected chi connectivity index (χ3v) is 12.5. The molecule has 0 heterocycles. The van der Waals surface area contributed by atoms with Crippen LogP contribution in [0.3, 0.4) is 0 Å². The van der Waals surface area contributed by atoms with E-state index in [0.717, 1.165) is 38.5 Å². The van der Waals surface area contributed by atoms with E-state index in [4.69, 9.17) is 18.5 Å². The lowest BCUT2D eigenvalue weighted by Crippen LogP contribution is -2.37. The Morgan fingerprint density at radius 1 is 0.500 bits per heavy atom. The van der Waals surface area contributed by atoms with Gasteiger partial charge in [0.1, 0.15) is 19.8 Å². The van der Waals surface area contributed by atoms with Gasteiger partial charge in [0.15, 0.2) is 6.10 Å². The van der Waals surface area contributed by atoms with Crippen LogP contribution in [-0.2, 0) is 32.7 Å². The van der Waals surface area contributed by atoms with Gasteiger partial charge < -0.3 is 18.9 Å². The summed E-state index contributed by atoms with van der Waals surface area (Å²) in [6.45, 7) is 4.44. The van der Waals surface area contributed by atoms with E-state index in [-0.39, 0.29) is 32.0 Å². The molecule has 366 valence electrons. The summed E-state index contributed by atoms with van der Waals surface area (Å²) < 4.78 is 34.5. The molecule has 0 aliphatic carbocycles. The number of unbranched alkanes of at least 4 members (excludes halogenated alkanes) is 30. The third-order valence-electron chi connectivity index (χ3n) is 11.5. The molecule has 0 saturated heterocycles. The quantitative estimate of drug-likeness (QED) is 0.0211. The van der Waals surface area contributed by atoms with Crippen molar-refractivity contribution in [1.29, 1.82) is 0 Å². The zero-order valence-electron chi connectivity index (χ0n) is 41.4. The highest BCUT2D eigenvalue weighted by Crippen LogP contribution is 2.43. The lowest BCUT2D eigenvalue weighted by atomic mass is 10.0. The van der Waals surface area contributed by atoms with E-state index in [1.165, 1.54) is 173 Å². The highest BCUT2D eigenvalue weighted by atomic mass is 31.2. The Kier molecular flexibility index (Phi) is 43.6. The minimum absolute atomic E-state index is 0.0334. The fourth-order valence-electron chi connectivity index (χ4n) is 7.40. The van der Waals surface area contributed by atoms with Crippen LogP contribution >= 0.6 is 7.82 Å². The van der Waals surface area contributed by atoms with Gasteiger partial charge in [-0.05, 0) is 44.9 Å². The van der Waals surface area contributed by atoms with E-state index in [1.807, 2.05) is 21.1 Å². The predicted molar refractivity (Wildman–Crippen MR) is 261 cm³/mol. The van der Waals surface area contributed by atoms with Crippen LogP contribution in [-0.4, -0.2) is 74.9 Å². The van der Waals surface area contributed by atoms with Gasteiger partial charge in [-0.1, -0.05) is 212 Å². The number of nitrogens with zero attached hydrogens (tertiary/aromatic N) is 1. The average molecular weight is 899 g/mol. The van der Waals surface area contributed by atoms with E-state index in [2.05, 4.69) is 38.2 Å². The molecule has 0 saturated carbocycles. The lowest BCUT2D eigenvalue weighted by Gasteiger charge is -2.24. The number of likely N-dealkylation sites (N-methyl/N-ethyl adjacent to an activating group) is 1. The van der Waals surface area contributed by atoms with Gasteiger partial charge >= 0.3 is 19.8 Å². The Balaban J connectivity index is 4.22. The SMILES string of the molecule is CCCCC/C=C/C/C=C/CCCCCCCCCCCC(=O)OC[C@H](COP(=O)(O)OCC[N+](C)(C)C)OC(=O)CCCCCCCCCCCCCCCCCCCCC. The van der Waals surface area contributed by atoms with E-state index in [9.17, 15) is 19.0 Å². The number of quaternary nitrogens is 1. The second-order valence-electron chi connectivity index (χ2n) is 18.9. The zero-order chi connectivity index (χ0) is 45.7. The molecule has 0 aliphatic heterocycles. The smallest absolute Gasteiger partial charge is 0.462 e. The first-order chi connectivity index (χ1) is 30.0. The van der Waals surface area contributed by atoms with Crippen molar-refractivity contribution in [3.05, 3.63) is 24.3 Å². The molecule has 0 aromatic carbocycles. The minimum Gasteiger partial charge on any atom is -0.462 e. The molecule has 0 aromatic rings. The van der Waals surface area contributed by atoms with Gasteiger partial charge in [-0.3, -0.25) is 18.6 Å². The number of phosphoric ester groups is 1. The molecule has 0 fully saturated rings. The lowest BCUT2D eigenvalue weighted by molar-refractivity contribution is -0.870. The van der Waals surface area contributed by atoms with Crippen LogP contribution in [0.5, 0.6) is 0 Å². The first kappa shape index (κ1) is 60.5. The Morgan fingerprint density at radius 2 is 0.871 bits per heavy atom. The summed E-state index contributed by atoms with van der Waals surface area (Å²) in [7, 11) is 1.49.